The molecule has 0 spiro atoms. The zero-order valence-corrected chi connectivity index (χ0v) is 11.2. The van der Waals surface area contributed by atoms with Crippen molar-refractivity contribution in [3.8, 4) is 0 Å². The van der Waals surface area contributed by atoms with Gasteiger partial charge >= 0.3 is 5.69 Å². The number of hydrogen-bond acceptors (Lipinski definition) is 5. The first-order valence-electron chi connectivity index (χ1n) is 6.54. The summed E-state index contributed by atoms with van der Waals surface area (Å²) in [5.41, 5.74) is 1.68. The van der Waals surface area contributed by atoms with Gasteiger partial charge in [0.2, 0.25) is 5.82 Å². The Labute approximate surface area is 115 Å². The maximum Gasteiger partial charge on any atom is 0.314 e. The van der Waals surface area contributed by atoms with E-state index in [1.54, 1.807) is 19.2 Å². The zero-order chi connectivity index (χ0) is 14.1. The van der Waals surface area contributed by atoms with Crippen molar-refractivity contribution in [2.45, 2.75) is 32.9 Å². The van der Waals surface area contributed by atoms with Gasteiger partial charge in [-0.1, -0.05) is 0 Å². The number of nitro groups is 1. The number of nitrogens with one attached hydrogen (secondary N) is 1. The zero-order valence-electron chi connectivity index (χ0n) is 11.2. The molecule has 7 nitrogen and oxygen atoms in total. The van der Waals surface area contributed by atoms with Crippen LogP contribution in [0.2, 0.25) is 0 Å². The summed E-state index contributed by atoms with van der Waals surface area (Å²) in [5, 5.41) is 14.2. The number of aryl methyl sites for hydroxylation is 2. The standard InChI is InChI=1S/C13H15N5O2/c1-9-4-5-14-13(12(9)18(19)20)16-8-10-7-15-11-3-2-6-17(10)11/h4-5,7H,2-3,6,8H2,1H3,(H,14,16). The maximum absolute atomic E-state index is 11.1. The van der Waals surface area contributed by atoms with Crippen molar-refractivity contribution in [3.63, 3.8) is 0 Å². The molecule has 2 aromatic rings. The van der Waals surface area contributed by atoms with Gasteiger partial charge in [0.05, 0.1) is 23.4 Å². The van der Waals surface area contributed by atoms with Gasteiger partial charge in [0.25, 0.3) is 0 Å². The van der Waals surface area contributed by atoms with Crippen molar-refractivity contribution < 1.29 is 4.92 Å². The molecule has 1 N–H and O–H groups in total. The summed E-state index contributed by atoms with van der Waals surface area (Å²) < 4.78 is 2.16. The van der Waals surface area contributed by atoms with E-state index in [0.717, 1.165) is 30.9 Å². The predicted octanol–water partition coefficient (Wildman–Crippen LogP) is 2.05. The van der Waals surface area contributed by atoms with Crippen LogP contribution in [0, 0.1) is 17.0 Å². The molecule has 1 aliphatic heterocycles. The largest absolute Gasteiger partial charge is 0.359 e. The number of imidazole rings is 1. The first kappa shape index (κ1) is 12.6. The minimum Gasteiger partial charge on any atom is -0.359 e. The number of rotatable bonds is 4. The highest BCUT2D eigenvalue weighted by atomic mass is 16.6. The van der Waals surface area contributed by atoms with Crippen LogP contribution in [-0.2, 0) is 19.5 Å². The Bertz CT molecular complexity index is 665. The second-order valence-electron chi connectivity index (χ2n) is 4.86. The van der Waals surface area contributed by atoms with Crippen LogP contribution in [0.1, 0.15) is 23.5 Å². The van der Waals surface area contributed by atoms with Gasteiger partial charge in [-0.05, 0) is 19.4 Å². The Morgan fingerprint density at radius 3 is 3.15 bits per heavy atom. The molecule has 20 heavy (non-hydrogen) atoms. The first-order valence-corrected chi connectivity index (χ1v) is 6.54. The minimum absolute atomic E-state index is 0.0358. The molecule has 0 aliphatic carbocycles. The highest BCUT2D eigenvalue weighted by molar-refractivity contribution is 5.59. The van der Waals surface area contributed by atoms with Crippen LogP contribution in [0.4, 0.5) is 11.5 Å². The third-order valence-electron chi connectivity index (χ3n) is 3.55. The predicted molar refractivity (Wildman–Crippen MR) is 73.5 cm³/mol. The third-order valence-corrected chi connectivity index (χ3v) is 3.55. The van der Waals surface area contributed by atoms with E-state index in [4.69, 9.17) is 0 Å². The van der Waals surface area contributed by atoms with Gasteiger partial charge in [-0.2, -0.15) is 0 Å². The monoisotopic (exact) mass is 273 g/mol. The highest BCUT2D eigenvalue weighted by Crippen LogP contribution is 2.26. The number of fused-ring (bicyclic) bond motifs is 1. The fourth-order valence-corrected chi connectivity index (χ4v) is 2.55. The van der Waals surface area contributed by atoms with Gasteiger partial charge in [0.15, 0.2) is 0 Å². The normalized spacial score (nSPS) is 13.2. The molecule has 0 unspecified atom stereocenters. The Hall–Kier alpha value is -2.44. The fraction of sp³-hybridized carbons (Fsp3) is 0.385. The summed E-state index contributed by atoms with van der Waals surface area (Å²) in [7, 11) is 0. The van der Waals surface area contributed by atoms with Crippen LogP contribution < -0.4 is 5.32 Å². The van der Waals surface area contributed by atoms with Crippen LogP contribution in [0.3, 0.4) is 0 Å². The summed E-state index contributed by atoms with van der Waals surface area (Å²) in [6.45, 7) is 3.17. The maximum atomic E-state index is 11.1. The van der Waals surface area contributed by atoms with E-state index in [1.165, 1.54) is 0 Å². The number of anilines is 1. The highest BCUT2D eigenvalue weighted by Gasteiger charge is 2.20. The molecule has 7 heteroatoms. The second kappa shape index (κ2) is 4.92. The number of hydrogen-bond donors (Lipinski definition) is 1. The van der Waals surface area contributed by atoms with E-state index in [2.05, 4.69) is 19.9 Å². The summed E-state index contributed by atoms with van der Waals surface area (Å²) in [4.78, 5) is 19.1. The molecule has 0 aromatic carbocycles. The molecule has 3 rings (SSSR count). The number of nitrogens with zero attached hydrogens (tertiary/aromatic N) is 4. The lowest BCUT2D eigenvalue weighted by Gasteiger charge is -2.08. The van der Waals surface area contributed by atoms with Gasteiger partial charge in [-0.25, -0.2) is 9.97 Å². The Morgan fingerprint density at radius 2 is 2.35 bits per heavy atom. The quantitative estimate of drug-likeness (QED) is 0.680. The Morgan fingerprint density at radius 1 is 1.50 bits per heavy atom. The van der Waals surface area contributed by atoms with E-state index >= 15 is 0 Å². The lowest BCUT2D eigenvalue weighted by atomic mass is 10.2. The van der Waals surface area contributed by atoms with Gasteiger partial charge in [-0.3, -0.25) is 10.1 Å². The summed E-state index contributed by atoms with van der Waals surface area (Å²) in [6, 6.07) is 1.64. The molecule has 3 heterocycles. The van der Waals surface area contributed by atoms with E-state index in [9.17, 15) is 10.1 Å². The van der Waals surface area contributed by atoms with Crippen molar-refractivity contribution >= 4 is 11.5 Å². The average Bonchev–Trinajstić information content (AvgIpc) is 2.99. The van der Waals surface area contributed by atoms with E-state index in [-0.39, 0.29) is 5.69 Å². The van der Waals surface area contributed by atoms with Gasteiger partial charge in [0, 0.05) is 24.7 Å². The summed E-state index contributed by atoms with van der Waals surface area (Å²) >= 11 is 0. The number of pyridine rings is 1. The van der Waals surface area contributed by atoms with Crippen LogP contribution in [0.15, 0.2) is 18.5 Å². The van der Waals surface area contributed by atoms with Crippen LogP contribution in [0.5, 0.6) is 0 Å². The second-order valence-corrected chi connectivity index (χ2v) is 4.86. The molecule has 1 aliphatic rings. The molecule has 0 radical (unpaired) electrons. The minimum atomic E-state index is -0.397. The third kappa shape index (κ3) is 2.11. The molecular weight excluding hydrogens is 258 g/mol. The van der Waals surface area contributed by atoms with Gasteiger partial charge in [-0.15, -0.1) is 0 Å². The molecule has 0 saturated carbocycles. The lowest BCUT2D eigenvalue weighted by molar-refractivity contribution is -0.384. The van der Waals surface area contributed by atoms with E-state index < -0.39 is 4.92 Å². The average molecular weight is 273 g/mol. The van der Waals surface area contributed by atoms with Crippen LogP contribution >= 0.6 is 0 Å². The molecule has 0 saturated heterocycles. The molecule has 0 bridgehead atoms. The van der Waals surface area contributed by atoms with Gasteiger partial charge in [0.1, 0.15) is 5.82 Å². The fourth-order valence-electron chi connectivity index (χ4n) is 2.55. The molecule has 0 atom stereocenters. The summed E-state index contributed by atoms with van der Waals surface area (Å²) in [5.74, 6) is 1.40. The van der Waals surface area contributed by atoms with Gasteiger partial charge < -0.3 is 9.88 Å². The lowest BCUT2D eigenvalue weighted by Crippen LogP contribution is -2.09. The molecule has 0 fully saturated rings. The summed E-state index contributed by atoms with van der Waals surface area (Å²) in [6.07, 6.45) is 5.51. The van der Waals surface area contributed by atoms with E-state index in [0.29, 0.717) is 17.9 Å². The van der Waals surface area contributed by atoms with E-state index in [1.807, 2.05) is 6.20 Å². The van der Waals surface area contributed by atoms with Crippen molar-refractivity contribution in [1.29, 1.82) is 0 Å². The molecule has 0 amide bonds. The van der Waals surface area contributed by atoms with Crippen LogP contribution in [-0.4, -0.2) is 19.5 Å². The van der Waals surface area contributed by atoms with Crippen molar-refractivity contribution in [1.82, 2.24) is 14.5 Å². The first-order chi connectivity index (χ1) is 9.66. The Kier molecular flexibility index (Phi) is 3.09. The van der Waals surface area contributed by atoms with Crippen molar-refractivity contribution in [2.75, 3.05) is 5.32 Å². The number of aromatic nitrogens is 3. The molecule has 104 valence electrons. The van der Waals surface area contributed by atoms with Crippen LogP contribution in [0.25, 0.3) is 0 Å². The molecular formula is C13H15N5O2. The van der Waals surface area contributed by atoms with Crippen molar-refractivity contribution in [3.05, 3.63) is 45.7 Å². The van der Waals surface area contributed by atoms with Crippen molar-refractivity contribution in [2.24, 2.45) is 0 Å². The SMILES string of the molecule is Cc1ccnc(NCc2cnc3n2CCC3)c1[N+](=O)[O-]. The topological polar surface area (TPSA) is 85.9 Å². The smallest absolute Gasteiger partial charge is 0.314 e. The molecule has 2 aromatic heterocycles. The Balaban J connectivity index is 1.82.